The highest BCUT2D eigenvalue weighted by Gasteiger charge is 2.32. The maximum atomic E-state index is 10.0. The third kappa shape index (κ3) is 1.76. The van der Waals surface area contributed by atoms with Crippen LogP contribution in [0.5, 0.6) is 0 Å². The molecule has 4 heteroatoms. The molecule has 14 heavy (non-hydrogen) atoms. The number of aliphatic hydroxyl groups excluding tert-OH is 1. The Balaban J connectivity index is 2.12. The van der Waals surface area contributed by atoms with E-state index in [0.717, 1.165) is 13.0 Å². The molecular formula is C10H14N2O2. The van der Waals surface area contributed by atoms with Gasteiger partial charge in [0.25, 0.3) is 0 Å². The van der Waals surface area contributed by atoms with Crippen LogP contribution in [0, 0.1) is 5.92 Å². The normalized spacial score (nSPS) is 29.0. The summed E-state index contributed by atoms with van der Waals surface area (Å²) in [5.41, 5.74) is 0.634. The fraction of sp³-hybridized carbons (Fsp3) is 0.600. The smallest absolute Gasteiger partial charge is 0.103 e. The minimum atomic E-state index is -0.554. The van der Waals surface area contributed by atoms with Crippen LogP contribution in [-0.2, 0) is 4.74 Å². The topological polar surface area (TPSA) is 55.2 Å². The number of ether oxygens (including phenoxy) is 1. The van der Waals surface area contributed by atoms with E-state index in [1.807, 2.05) is 6.92 Å². The maximum absolute atomic E-state index is 10.0. The van der Waals surface area contributed by atoms with Crippen molar-refractivity contribution in [1.82, 2.24) is 9.97 Å². The number of nitrogens with zero attached hydrogens (tertiary/aromatic N) is 2. The van der Waals surface area contributed by atoms with Crippen LogP contribution in [-0.4, -0.2) is 27.8 Å². The highest BCUT2D eigenvalue weighted by Crippen LogP contribution is 2.31. The lowest BCUT2D eigenvalue weighted by molar-refractivity contribution is 0.0409. The van der Waals surface area contributed by atoms with Gasteiger partial charge in [0.15, 0.2) is 0 Å². The van der Waals surface area contributed by atoms with E-state index in [2.05, 4.69) is 9.97 Å². The molecule has 0 spiro atoms. The molecule has 1 aliphatic heterocycles. The molecule has 4 nitrogen and oxygen atoms in total. The minimum absolute atomic E-state index is 0.104. The summed E-state index contributed by atoms with van der Waals surface area (Å²) in [6.45, 7) is 2.71. The predicted molar refractivity (Wildman–Crippen MR) is 50.5 cm³/mol. The molecule has 0 aromatic carbocycles. The Morgan fingerprint density at radius 1 is 1.57 bits per heavy atom. The van der Waals surface area contributed by atoms with Crippen molar-refractivity contribution in [3.8, 4) is 0 Å². The molecule has 76 valence electrons. The maximum Gasteiger partial charge on any atom is 0.103 e. The molecule has 0 bridgehead atoms. The summed E-state index contributed by atoms with van der Waals surface area (Å²) in [6, 6.07) is 0. The monoisotopic (exact) mass is 194 g/mol. The van der Waals surface area contributed by atoms with Crippen LogP contribution in [0.15, 0.2) is 18.6 Å². The lowest BCUT2D eigenvalue weighted by atomic mass is 9.94. The molecule has 0 amide bonds. The molecule has 3 unspecified atom stereocenters. The third-order valence-corrected chi connectivity index (χ3v) is 2.73. The van der Waals surface area contributed by atoms with Crippen molar-refractivity contribution in [2.45, 2.75) is 25.6 Å². The predicted octanol–water partition coefficient (Wildman–Crippen LogP) is 0.935. The Bertz CT molecular complexity index is 291. The molecule has 0 radical (unpaired) electrons. The van der Waals surface area contributed by atoms with Crippen molar-refractivity contribution in [3.05, 3.63) is 24.3 Å². The molecule has 2 rings (SSSR count). The van der Waals surface area contributed by atoms with Gasteiger partial charge in [-0.05, 0) is 13.3 Å². The van der Waals surface area contributed by atoms with Gasteiger partial charge in [-0.1, -0.05) is 0 Å². The van der Waals surface area contributed by atoms with E-state index >= 15 is 0 Å². The van der Waals surface area contributed by atoms with Gasteiger partial charge in [-0.25, -0.2) is 0 Å². The number of hydrogen-bond acceptors (Lipinski definition) is 4. The Morgan fingerprint density at radius 3 is 3.00 bits per heavy atom. The summed E-state index contributed by atoms with van der Waals surface area (Å²) in [6.07, 6.45) is 5.24. The lowest BCUT2D eigenvalue weighted by Gasteiger charge is -2.19. The Morgan fingerprint density at radius 2 is 2.43 bits per heavy atom. The molecule has 1 aromatic rings. The average Bonchev–Trinajstić information content (AvgIpc) is 2.65. The Hall–Kier alpha value is -1.00. The van der Waals surface area contributed by atoms with Crippen molar-refractivity contribution in [2.75, 3.05) is 6.61 Å². The fourth-order valence-electron chi connectivity index (χ4n) is 1.85. The molecule has 1 aromatic heterocycles. The third-order valence-electron chi connectivity index (χ3n) is 2.73. The molecule has 1 N–H and O–H groups in total. The van der Waals surface area contributed by atoms with Gasteiger partial charge in [-0.2, -0.15) is 0 Å². The van der Waals surface area contributed by atoms with Crippen LogP contribution in [0.1, 0.15) is 25.1 Å². The van der Waals surface area contributed by atoms with Crippen molar-refractivity contribution in [3.63, 3.8) is 0 Å². The Kier molecular flexibility index (Phi) is 2.74. The number of aliphatic hydroxyl groups is 1. The fourth-order valence-corrected chi connectivity index (χ4v) is 1.85. The second-order valence-corrected chi connectivity index (χ2v) is 3.60. The van der Waals surface area contributed by atoms with Crippen LogP contribution < -0.4 is 0 Å². The lowest BCUT2D eigenvalue weighted by Crippen LogP contribution is -2.20. The van der Waals surface area contributed by atoms with Crippen LogP contribution in [0.25, 0.3) is 0 Å². The van der Waals surface area contributed by atoms with Gasteiger partial charge in [-0.15, -0.1) is 0 Å². The van der Waals surface area contributed by atoms with Gasteiger partial charge in [0.05, 0.1) is 18.0 Å². The summed E-state index contributed by atoms with van der Waals surface area (Å²) < 4.78 is 5.40. The second-order valence-electron chi connectivity index (χ2n) is 3.60. The van der Waals surface area contributed by atoms with Gasteiger partial charge >= 0.3 is 0 Å². The standard InChI is InChI=1S/C10H14N2O2/c1-7-8(2-5-14-7)10(13)9-6-11-3-4-12-9/h3-4,6-8,10,13H,2,5H2,1H3. The van der Waals surface area contributed by atoms with E-state index in [1.165, 1.54) is 0 Å². The zero-order valence-electron chi connectivity index (χ0n) is 8.13. The second kappa shape index (κ2) is 4.02. The molecule has 1 fully saturated rings. The van der Waals surface area contributed by atoms with E-state index < -0.39 is 6.10 Å². The molecule has 0 aliphatic carbocycles. The molecular weight excluding hydrogens is 180 g/mol. The summed E-state index contributed by atoms with van der Waals surface area (Å²) in [7, 11) is 0. The summed E-state index contributed by atoms with van der Waals surface area (Å²) in [5, 5.41) is 10.0. The van der Waals surface area contributed by atoms with E-state index in [-0.39, 0.29) is 12.0 Å². The largest absolute Gasteiger partial charge is 0.386 e. The summed E-state index contributed by atoms with van der Waals surface area (Å²) in [4.78, 5) is 8.03. The molecule has 1 saturated heterocycles. The molecule has 0 saturated carbocycles. The van der Waals surface area contributed by atoms with Crippen molar-refractivity contribution >= 4 is 0 Å². The van der Waals surface area contributed by atoms with Crippen LogP contribution in [0.4, 0.5) is 0 Å². The molecule has 1 aliphatic rings. The van der Waals surface area contributed by atoms with Gasteiger partial charge in [0.2, 0.25) is 0 Å². The van der Waals surface area contributed by atoms with Crippen molar-refractivity contribution in [1.29, 1.82) is 0 Å². The highest BCUT2D eigenvalue weighted by atomic mass is 16.5. The minimum Gasteiger partial charge on any atom is -0.386 e. The zero-order valence-corrected chi connectivity index (χ0v) is 8.13. The quantitative estimate of drug-likeness (QED) is 0.761. The first-order chi connectivity index (χ1) is 6.79. The van der Waals surface area contributed by atoms with Crippen molar-refractivity contribution < 1.29 is 9.84 Å². The highest BCUT2D eigenvalue weighted by molar-refractivity contribution is 5.02. The van der Waals surface area contributed by atoms with Crippen molar-refractivity contribution in [2.24, 2.45) is 5.92 Å². The van der Waals surface area contributed by atoms with E-state index in [1.54, 1.807) is 18.6 Å². The van der Waals surface area contributed by atoms with E-state index in [4.69, 9.17) is 4.74 Å². The first-order valence-electron chi connectivity index (χ1n) is 4.84. The van der Waals surface area contributed by atoms with Crippen LogP contribution in [0.3, 0.4) is 0 Å². The summed E-state index contributed by atoms with van der Waals surface area (Å²) >= 11 is 0. The zero-order chi connectivity index (χ0) is 9.97. The van der Waals surface area contributed by atoms with Gasteiger partial charge in [-0.3, -0.25) is 9.97 Å². The van der Waals surface area contributed by atoms with E-state index in [9.17, 15) is 5.11 Å². The Labute approximate surface area is 83.0 Å². The molecule has 2 heterocycles. The van der Waals surface area contributed by atoms with E-state index in [0.29, 0.717) is 5.69 Å². The molecule has 3 atom stereocenters. The number of rotatable bonds is 2. The van der Waals surface area contributed by atoms with Gasteiger partial charge < -0.3 is 9.84 Å². The first kappa shape index (κ1) is 9.55. The first-order valence-corrected chi connectivity index (χ1v) is 4.84. The average molecular weight is 194 g/mol. The van der Waals surface area contributed by atoms with Crippen LogP contribution >= 0.6 is 0 Å². The SMILES string of the molecule is CC1OCCC1C(O)c1cnccn1. The number of aromatic nitrogens is 2. The van der Waals surface area contributed by atoms with Gasteiger partial charge in [0.1, 0.15) is 6.10 Å². The number of hydrogen-bond donors (Lipinski definition) is 1. The van der Waals surface area contributed by atoms with Gasteiger partial charge in [0, 0.05) is 24.9 Å². The van der Waals surface area contributed by atoms with Crippen LogP contribution in [0.2, 0.25) is 0 Å². The summed E-state index contributed by atoms with van der Waals surface area (Å²) in [5.74, 6) is 0.145.